The van der Waals surface area contributed by atoms with Crippen LogP contribution in [-0.4, -0.2) is 37.3 Å². The van der Waals surface area contributed by atoms with Gasteiger partial charge in [0.15, 0.2) is 0 Å². The summed E-state index contributed by atoms with van der Waals surface area (Å²) < 4.78 is 5.62. The Hall–Kier alpha value is -2.47. The number of benzene rings is 2. The highest BCUT2D eigenvalue weighted by Crippen LogP contribution is 2.34. The van der Waals surface area contributed by atoms with Crippen molar-refractivity contribution in [1.82, 2.24) is 5.32 Å². The van der Waals surface area contributed by atoms with Crippen LogP contribution in [0, 0.1) is 0 Å². The molecule has 5 nitrogen and oxygen atoms in total. The summed E-state index contributed by atoms with van der Waals surface area (Å²) >= 11 is 1.52. The van der Waals surface area contributed by atoms with Crippen LogP contribution in [-0.2, 0) is 9.59 Å². The third kappa shape index (κ3) is 5.02. The molecule has 1 N–H and O–H groups in total. The number of hydrogen-bond acceptors (Lipinski definition) is 4. The number of nitrogens with one attached hydrogen (secondary N) is 1. The molecule has 0 fully saturated rings. The molecule has 0 saturated carbocycles. The van der Waals surface area contributed by atoms with E-state index in [9.17, 15) is 9.59 Å². The van der Waals surface area contributed by atoms with E-state index in [2.05, 4.69) is 5.32 Å². The minimum atomic E-state index is -0.135. The third-order valence-electron chi connectivity index (χ3n) is 4.02. The van der Waals surface area contributed by atoms with Gasteiger partial charge in [-0.2, -0.15) is 0 Å². The first-order valence-corrected chi connectivity index (χ1v) is 9.69. The Morgan fingerprint density at radius 1 is 1.08 bits per heavy atom. The fourth-order valence-electron chi connectivity index (χ4n) is 2.69. The Morgan fingerprint density at radius 3 is 2.69 bits per heavy atom. The summed E-state index contributed by atoms with van der Waals surface area (Å²) in [6, 6.07) is 17.4. The maximum absolute atomic E-state index is 12.2. The first-order chi connectivity index (χ1) is 12.7. The number of fused-ring (bicyclic) bond motifs is 1. The van der Waals surface area contributed by atoms with E-state index in [1.54, 1.807) is 4.90 Å². The molecule has 6 heteroatoms. The van der Waals surface area contributed by atoms with Crippen LogP contribution in [0.1, 0.15) is 12.8 Å². The molecule has 0 saturated heterocycles. The molecule has 2 aromatic carbocycles. The number of unbranched alkanes of at least 4 members (excludes halogenated alkanes) is 1. The van der Waals surface area contributed by atoms with Crippen LogP contribution in [0.4, 0.5) is 5.69 Å². The molecule has 0 unspecified atom stereocenters. The van der Waals surface area contributed by atoms with Crippen molar-refractivity contribution in [2.24, 2.45) is 0 Å². The minimum Gasteiger partial charge on any atom is -0.494 e. The van der Waals surface area contributed by atoms with Crippen LogP contribution in [0.15, 0.2) is 59.5 Å². The van der Waals surface area contributed by atoms with Crippen molar-refractivity contribution in [3.63, 3.8) is 0 Å². The average Bonchev–Trinajstić information content (AvgIpc) is 2.67. The van der Waals surface area contributed by atoms with Gasteiger partial charge in [-0.25, -0.2) is 0 Å². The first kappa shape index (κ1) is 18.3. The monoisotopic (exact) mass is 370 g/mol. The van der Waals surface area contributed by atoms with Gasteiger partial charge in [0.25, 0.3) is 0 Å². The van der Waals surface area contributed by atoms with E-state index in [0.29, 0.717) is 18.9 Å². The molecule has 1 heterocycles. The molecular weight excluding hydrogens is 348 g/mol. The zero-order valence-corrected chi connectivity index (χ0v) is 15.3. The molecule has 0 spiro atoms. The number of thioether (sulfide) groups is 1. The number of amides is 2. The molecule has 0 aromatic heterocycles. The predicted molar refractivity (Wildman–Crippen MR) is 104 cm³/mol. The smallest absolute Gasteiger partial charge is 0.240 e. The number of ether oxygens (including phenoxy) is 1. The van der Waals surface area contributed by atoms with Crippen molar-refractivity contribution in [1.29, 1.82) is 0 Å². The topological polar surface area (TPSA) is 58.6 Å². The molecule has 0 radical (unpaired) electrons. The van der Waals surface area contributed by atoms with Gasteiger partial charge in [-0.3, -0.25) is 9.59 Å². The highest BCUT2D eigenvalue weighted by molar-refractivity contribution is 8.00. The van der Waals surface area contributed by atoms with E-state index < -0.39 is 0 Å². The van der Waals surface area contributed by atoms with Gasteiger partial charge >= 0.3 is 0 Å². The summed E-state index contributed by atoms with van der Waals surface area (Å²) in [6.07, 6.45) is 1.69. The van der Waals surface area contributed by atoms with Crippen molar-refractivity contribution in [2.75, 3.05) is 30.3 Å². The highest BCUT2D eigenvalue weighted by Gasteiger charge is 2.25. The number of rotatable bonds is 8. The van der Waals surface area contributed by atoms with Crippen molar-refractivity contribution in [2.45, 2.75) is 17.7 Å². The number of para-hydroxylation sites is 2. The molecule has 3 rings (SSSR count). The molecule has 136 valence electrons. The maximum Gasteiger partial charge on any atom is 0.240 e. The normalized spacial score (nSPS) is 13.2. The zero-order valence-electron chi connectivity index (χ0n) is 14.5. The second-order valence-corrected chi connectivity index (χ2v) is 6.97. The van der Waals surface area contributed by atoms with Gasteiger partial charge in [0, 0.05) is 11.4 Å². The van der Waals surface area contributed by atoms with Gasteiger partial charge in [-0.1, -0.05) is 30.3 Å². The lowest BCUT2D eigenvalue weighted by Crippen LogP contribution is -2.43. The van der Waals surface area contributed by atoms with Crippen molar-refractivity contribution < 1.29 is 14.3 Å². The van der Waals surface area contributed by atoms with E-state index in [1.165, 1.54) is 11.8 Å². The largest absolute Gasteiger partial charge is 0.494 e. The maximum atomic E-state index is 12.2. The summed E-state index contributed by atoms with van der Waals surface area (Å²) in [5.41, 5.74) is 0.820. The summed E-state index contributed by atoms with van der Waals surface area (Å²) in [5, 5.41) is 2.88. The Balaban J connectivity index is 1.37. The molecule has 0 aliphatic carbocycles. The van der Waals surface area contributed by atoms with Gasteiger partial charge in [0.2, 0.25) is 11.8 Å². The van der Waals surface area contributed by atoms with Crippen LogP contribution in [0.3, 0.4) is 0 Å². The van der Waals surface area contributed by atoms with Gasteiger partial charge in [0.05, 0.1) is 18.0 Å². The average molecular weight is 370 g/mol. The zero-order chi connectivity index (χ0) is 18.2. The SMILES string of the molecule is O=C(CN1C(=O)CSc2ccccc21)NCCCCOc1ccccc1. The molecular formula is C20H22N2O3S. The van der Waals surface area contributed by atoms with E-state index in [-0.39, 0.29) is 18.4 Å². The molecule has 2 aromatic rings. The van der Waals surface area contributed by atoms with E-state index >= 15 is 0 Å². The Bertz CT molecular complexity index is 752. The lowest BCUT2D eigenvalue weighted by molar-refractivity contribution is -0.123. The van der Waals surface area contributed by atoms with Crippen molar-refractivity contribution in [3.05, 3.63) is 54.6 Å². The lowest BCUT2D eigenvalue weighted by atomic mass is 10.2. The number of carbonyl (C=O) groups excluding carboxylic acids is 2. The highest BCUT2D eigenvalue weighted by atomic mass is 32.2. The van der Waals surface area contributed by atoms with Gasteiger partial charge in [-0.15, -0.1) is 11.8 Å². The Labute approximate surface area is 157 Å². The number of hydrogen-bond donors (Lipinski definition) is 1. The minimum absolute atomic E-state index is 0.0277. The van der Waals surface area contributed by atoms with E-state index in [4.69, 9.17) is 4.74 Å². The van der Waals surface area contributed by atoms with Gasteiger partial charge in [-0.05, 0) is 37.1 Å². The second-order valence-electron chi connectivity index (χ2n) is 5.95. The quantitative estimate of drug-likeness (QED) is 0.726. The fourth-order valence-corrected chi connectivity index (χ4v) is 3.62. The van der Waals surface area contributed by atoms with E-state index in [0.717, 1.165) is 29.2 Å². The third-order valence-corrected chi connectivity index (χ3v) is 5.06. The summed E-state index contributed by atoms with van der Waals surface area (Å²) in [5.74, 6) is 1.07. The lowest BCUT2D eigenvalue weighted by Gasteiger charge is -2.28. The van der Waals surface area contributed by atoms with Crippen molar-refractivity contribution >= 4 is 29.3 Å². The van der Waals surface area contributed by atoms with Crippen LogP contribution in [0.25, 0.3) is 0 Å². The Kier molecular flexibility index (Phi) is 6.55. The van der Waals surface area contributed by atoms with Crippen molar-refractivity contribution in [3.8, 4) is 5.75 Å². The predicted octanol–water partition coefficient (Wildman–Crippen LogP) is 3.10. The van der Waals surface area contributed by atoms with Crippen LogP contribution < -0.4 is 15.0 Å². The summed E-state index contributed by atoms with van der Waals surface area (Å²) in [4.78, 5) is 26.9. The van der Waals surface area contributed by atoms with Gasteiger partial charge in [0.1, 0.15) is 12.3 Å². The van der Waals surface area contributed by atoms with Gasteiger partial charge < -0.3 is 15.0 Å². The molecule has 0 atom stereocenters. The molecule has 1 aliphatic rings. The van der Waals surface area contributed by atoms with E-state index in [1.807, 2.05) is 54.6 Å². The fraction of sp³-hybridized carbons (Fsp3) is 0.300. The first-order valence-electron chi connectivity index (χ1n) is 8.71. The standard InChI is InChI=1S/C20H22N2O3S/c23-19(21-12-6-7-13-25-16-8-2-1-3-9-16)14-22-17-10-4-5-11-18(17)26-15-20(22)24/h1-5,8-11H,6-7,12-15H2,(H,21,23). The second kappa shape index (κ2) is 9.29. The molecule has 0 bridgehead atoms. The van der Waals surface area contributed by atoms with Crippen LogP contribution >= 0.6 is 11.8 Å². The van der Waals surface area contributed by atoms with Crippen LogP contribution in [0.5, 0.6) is 5.75 Å². The summed E-state index contributed by atoms with van der Waals surface area (Å²) in [7, 11) is 0. The van der Waals surface area contributed by atoms with Crippen LogP contribution in [0.2, 0.25) is 0 Å². The number of anilines is 1. The number of nitrogens with zero attached hydrogens (tertiary/aromatic N) is 1. The molecule has 1 aliphatic heterocycles. The number of carbonyl (C=O) groups is 2. The molecule has 26 heavy (non-hydrogen) atoms. The molecule has 2 amide bonds. The summed E-state index contributed by atoms with van der Waals surface area (Å²) in [6.45, 7) is 1.27. The Morgan fingerprint density at radius 2 is 1.85 bits per heavy atom.